The highest BCUT2D eigenvalue weighted by Crippen LogP contribution is 2.28. The number of carbonyl (C=O) groups excluding carboxylic acids is 1. The molecule has 5 aromatic rings. The minimum Gasteiger partial charge on any atom is -0.497 e. The Labute approximate surface area is 205 Å². The average molecular weight is 486 g/mol. The van der Waals surface area contributed by atoms with Crippen molar-refractivity contribution in [3.05, 3.63) is 94.3 Å². The molecule has 5 rings (SSSR count). The molecule has 176 valence electrons. The number of hydrogen-bond donors (Lipinski definition) is 1. The van der Waals surface area contributed by atoms with Crippen molar-refractivity contribution >= 4 is 45.4 Å². The quantitative estimate of drug-likeness (QED) is 0.251. The van der Waals surface area contributed by atoms with E-state index in [1.807, 2.05) is 79.7 Å². The van der Waals surface area contributed by atoms with E-state index in [0.717, 1.165) is 28.0 Å². The molecule has 0 fully saturated rings. The highest BCUT2D eigenvalue weighted by atomic mass is 32.2. The molecule has 0 radical (unpaired) electrons. The third-order valence-electron chi connectivity index (χ3n) is 5.61. The Bertz CT molecular complexity index is 1570. The fourth-order valence-electron chi connectivity index (χ4n) is 3.78. The molecule has 0 unspecified atom stereocenters. The Balaban J connectivity index is 1.49. The van der Waals surface area contributed by atoms with Crippen molar-refractivity contribution in [3.8, 4) is 5.75 Å². The van der Waals surface area contributed by atoms with Crippen LogP contribution in [0.1, 0.15) is 11.1 Å². The predicted octanol–water partition coefficient (Wildman–Crippen LogP) is 5.24. The summed E-state index contributed by atoms with van der Waals surface area (Å²) in [5.74, 6) is 0.653. The Kier molecular flexibility index (Phi) is 6.29. The van der Waals surface area contributed by atoms with E-state index in [0.29, 0.717) is 16.3 Å². The lowest BCUT2D eigenvalue weighted by atomic mass is 10.2. The zero-order chi connectivity index (χ0) is 24.4. The maximum Gasteiger partial charge on any atom is 0.298 e. The molecule has 0 spiro atoms. The summed E-state index contributed by atoms with van der Waals surface area (Å²) in [7, 11) is 1.61. The monoisotopic (exact) mass is 485 g/mol. The number of rotatable bonds is 7. The number of nitrogens with zero attached hydrogens (tertiary/aromatic N) is 2. The molecule has 8 heteroatoms. The number of para-hydroxylation sites is 1. The number of nitrogens with one attached hydrogen (secondary N) is 1. The molecule has 7 nitrogen and oxygen atoms in total. The molecule has 0 aliphatic carbocycles. The standard InChI is InChI=1S/C27H23N3O4S/c1-17-7-11-19(12-8-17)28-23(31)16-35-27-29-24-21-5-3-4-6-22(21)34-25(24)26(32)30(27)15-18-9-13-20(33-2)14-10-18/h3-14H,15-16H2,1-2H3,(H,28,31). The van der Waals surface area contributed by atoms with E-state index >= 15 is 0 Å². The van der Waals surface area contributed by atoms with Crippen molar-refractivity contribution < 1.29 is 13.9 Å². The van der Waals surface area contributed by atoms with Gasteiger partial charge in [-0.25, -0.2) is 4.98 Å². The SMILES string of the molecule is COc1ccc(Cn2c(SCC(=O)Nc3ccc(C)cc3)nc3c(oc4ccccc43)c2=O)cc1. The topological polar surface area (TPSA) is 86.4 Å². The number of furan rings is 1. The van der Waals surface area contributed by atoms with Crippen LogP contribution in [-0.2, 0) is 11.3 Å². The number of fused-ring (bicyclic) bond motifs is 3. The smallest absolute Gasteiger partial charge is 0.298 e. The summed E-state index contributed by atoms with van der Waals surface area (Å²) in [6, 6.07) is 22.5. The normalized spacial score (nSPS) is 11.1. The van der Waals surface area contributed by atoms with Crippen LogP contribution in [0.2, 0.25) is 0 Å². The molecule has 0 atom stereocenters. The van der Waals surface area contributed by atoms with E-state index in [4.69, 9.17) is 14.1 Å². The van der Waals surface area contributed by atoms with Crippen LogP contribution in [0, 0.1) is 6.92 Å². The lowest BCUT2D eigenvalue weighted by Gasteiger charge is -2.12. The maximum absolute atomic E-state index is 13.5. The Hall–Kier alpha value is -4.04. The van der Waals surface area contributed by atoms with Crippen LogP contribution in [0.4, 0.5) is 5.69 Å². The van der Waals surface area contributed by atoms with E-state index in [1.165, 1.54) is 11.8 Å². The number of ether oxygens (including phenoxy) is 1. The van der Waals surface area contributed by atoms with Gasteiger partial charge in [0.2, 0.25) is 11.5 Å². The molecule has 0 aliphatic heterocycles. The fraction of sp³-hybridized carbons (Fsp3) is 0.148. The van der Waals surface area contributed by atoms with E-state index < -0.39 is 0 Å². The highest BCUT2D eigenvalue weighted by molar-refractivity contribution is 7.99. The van der Waals surface area contributed by atoms with Crippen molar-refractivity contribution in [1.29, 1.82) is 0 Å². The molecule has 35 heavy (non-hydrogen) atoms. The van der Waals surface area contributed by atoms with E-state index in [9.17, 15) is 9.59 Å². The summed E-state index contributed by atoms with van der Waals surface area (Å²) in [5, 5.41) is 4.10. The number of thioether (sulfide) groups is 1. The molecule has 0 saturated carbocycles. The third kappa shape index (κ3) is 4.79. The number of carbonyl (C=O) groups is 1. The van der Waals surface area contributed by atoms with Crippen molar-refractivity contribution in [2.45, 2.75) is 18.6 Å². The van der Waals surface area contributed by atoms with Gasteiger partial charge in [0.1, 0.15) is 16.8 Å². The molecular formula is C27H23N3O4S. The molecule has 2 heterocycles. The first-order valence-corrected chi connectivity index (χ1v) is 12.0. The second kappa shape index (κ2) is 9.68. The summed E-state index contributed by atoms with van der Waals surface area (Å²) in [6.07, 6.45) is 0. The molecule has 0 aliphatic rings. The van der Waals surface area contributed by atoms with Gasteiger partial charge in [-0.3, -0.25) is 14.2 Å². The first kappa shape index (κ1) is 22.7. The first-order valence-electron chi connectivity index (χ1n) is 11.1. The summed E-state index contributed by atoms with van der Waals surface area (Å²) >= 11 is 1.22. The molecule has 2 aromatic heterocycles. The van der Waals surface area contributed by atoms with Crippen molar-refractivity contribution in [2.24, 2.45) is 0 Å². The zero-order valence-electron chi connectivity index (χ0n) is 19.3. The van der Waals surface area contributed by atoms with Crippen molar-refractivity contribution in [2.75, 3.05) is 18.2 Å². The molecular weight excluding hydrogens is 462 g/mol. The molecule has 0 bridgehead atoms. The predicted molar refractivity (Wildman–Crippen MR) is 138 cm³/mol. The van der Waals surface area contributed by atoms with Crippen LogP contribution >= 0.6 is 11.8 Å². The second-order valence-corrected chi connectivity index (χ2v) is 9.06. The zero-order valence-corrected chi connectivity index (χ0v) is 20.1. The summed E-state index contributed by atoms with van der Waals surface area (Å²) in [5.41, 5.74) is 3.75. The Morgan fingerprint density at radius 1 is 1.06 bits per heavy atom. The number of hydrogen-bond acceptors (Lipinski definition) is 6. The van der Waals surface area contributed by atoms with Crippen molar-refractivity contribution in [3.63, 3.8) is 0 Å². The van der Waals surface area contributed by atoms with Crippen LogP contribution in [-0.4, -0.2) is 28.3 Å². The van der Waals surface area contributed by atoms with Gasteiger partial charge in [-0.15, -0.1) is 0 Å². The second-order valence-electron chi connectivity index (χ2n) is 8.11. The minimum absolute atomic E-state index is 0.101. The third-order valence-corrected chi connectivity index (χ3v) is 6.59. The summed E-state index contributed by atoms with van der Waals surface area (Å²) in [6.45, 7) is 2.27. The Morgan fingerprint density at radius 2 is 1.80 bits per heavy atom. The van der Waals surface area contributed by atoms with E-state index in [2.05, 4.69) is 5.32 Å². The number of aromatic nitrogens is 2. The van der Waals surface area contributed by atoms with Crippen LogP contribution < -0.4 is 15.6 Å². The number of aryl methyl sites for hydroxylation is 1. The van der Waals surface area contributed by atoms with Crippen LogP contribution in [0.3, 0.4) is 0 Å². The van der Waals surface area contributed by atoms with Crippen LogP contribution in [0.25, 0.3) is 22.1 Å². The number of amides is 1. The van der Waals surface area contributed by atoms with Gasteiger partial charge in [-0.05, 0) is 48.9 Å². The van der Waals surface area contributed by atoms with Gasteiger partial charge in [-0.1, -0.05) is 53.7 Å². The summed E-state index contributed by atoms with van der Waals surface area (Å²) < 4.78 is 12.6. The van der Waals surface area contributed by atoms with Crippen LogP contribution in [0.15, 0.2) is 87.2 Å². The van der Waals surface area contributed by atoms with Gasteiger partial charge in [0, 0.05) is 11.1 Å². The number of benzene rings is 3. The molecule has 1 amide bonds. The molecule has 0 saturated heterocycles. The fourth-order valence-corrected chi connectivity index (χ4v) is 4.57. The largest absolute Gasteiger partial charge is 0.497 e. The van der Waals surface area contributed by atoms with Gasteiger partial charge in [0.25, 0.3) is 5.56 Å². The van der Waals surface area contributed by atoms with Gasteiger partial charge < -0.3 is 14.5 Å². The van der Waals surface area contributed by atoms with Crippen molar-refractivity contribution in [1.82, 2.24) is 9.55 Å². The lowest BCUT2D eigenvalue weighted by molar-refractivity contribution is -0.113. The number of anilines is 1. The van der Waals surface area contributed by atoms with Gasteiger partial charge in [0.15, 0.2) is 5.16 Å². The van der Waals surface area contributed by atoms with E-state index in [1.54, 1.807) is 11.7 Å². The Morgan fingerprint density at radius 3 is 2.54 bits per heavy atom. The summed E-state index contributed by atoms with van der Waals surface area (Å²) in [4.78, 5) is 30.9. The van der Waals surface area contributed by atoms with Gasteiger partial charge in [-0.2, -0.15) is 0 Å². The van der Waals surface area contributed by atoms with Gasteiger partial charge >= 0.3 is 0 Å². The minimum atomic E-state index is -0.288. The molecule has 3 aromatic carbocycles. The lowest BCUT2D eigenvalue weighted by Crippen LogP contribution is -2.24. The molecule has 1 N–H and O–H groups in total. The maximum atomic E-state index is 13.5. The van der Waals surface area contributed by atoms with Gasteiger partial charge in [0.05, 0.1) is 19.4 Å². The number of methoxy groups -OCH3 is 1. The highest BCUT2D eigenvalue weighted by Gasteiger charge is 2.19. The van der Waals surface area contributed by atoms with E-state index in [-0.39, 0.29) is 29.3 Å². The van der Waals surface area contributed by atoms with Crippen LogP contribution in [0.5, 0.6) is 5.75 Å². The first-order chi connectivity index (χ1) is 17.0. The average Bonchev–Trinajstić information content (AvgIpc) is 3.25.